The molecular weight excluding hydrogens is 673 g/mol. The molecule has 4 aliphatic rings. The standard InChI is InChI=1S/C38H42FN5O8/c1-41(2)26-17-22(27-10-9-20(52-27)18-43-11-13-44(14-12-43)25-8-6-5-7-24(25)39)32(45)29-21(26)15-19-16-23-31(42(3)4)34(47)30(37(40)50)36(49)38(23,51)35(48)28(19)33(29)46/h5-10,17,19,23,31,45,47-48,51H,11-16,18H2,1-4H3,(H2,40,50)/t19-,23-,31?,38-/m0/s1. The molecule has 0 spiro atoms. The maximum Gasteiger partial charge on any atom is 0.255 e. The molecule has 3 aromatic rings. The Kier molecular flexibility index (Phi) is 8.67. The summed E-state index contributed by atoms with van der Waals surface area (Å²) in [6, 6.07) is 10.9. The molecule has 3 aliphatic carbocycles. The number of carbonyl (C=O) groups is 3. The van der Waals surface area contributed by atoms with Crippen LogP contribution in [0.2, 0.25) is 0 Å². The summed E-state index contributed by atoms with van der Waals surface area (Å²) in [5.74, 6) is -6.38. The first-order valence-corrected chi connectivity index (χ1v) is 17.2. The molecular formula is C38H42FN5O8. The summed E-state index contributed by atoms with van der Waals surface area (Å²) in [6.07, 6.45) is 0.162. The number of piperazine rings is 1. The lowest BCUT2D eigenvalue weighted by Crippen LogP contribution is -2.63. The Balaban J connectivity index is 1.22. The number of likely N-dealkylation sites (N-methyl/N-ethyl adjacent to an activating group) is 1. The molecule has 1 saturated heterocycles. The number of carbonyl (C=O) groups excluding carboxylic acids is 3. The fraction of sp³-hybridized carbons (Fsp3) is 0.395. The van der Waals surface area contributed by atoms with Gasteiger partial charge in [-0.2, -0.15) is 0 Å². The van der Waals surface area contributed by atoms with E-state index in [0.717, 1.165) is 0 Å². The minimum absolute atomic E-state index is 0.00274. The molecule has 13 nitrogen and oxygen atoms in total. The number of nitrogens with two attached hydrogens (primary N) is 1. The monoisotopic (exact) mass is 715 g/mol. The molecule has 4 atom stereocenters. The summed E-state index contributed by atoms with van der Waals surface area (Å²) in [4.78, 5) is 47.9. The molecule has 1 fully saturated rings. The summed E-state index contributed by atoms with van der Waals surface area (Å²) >= 11 is 0. The van der Waals surface area contributed by atoms with E-state index in [4.69, 9.17) is 10.2 Å². The highest BCUT2D eigenvalue weighted by Crippen LogP contribution is 2.54. The van der Waals surface area contributed by atoms with Gasteiger partial charge in [0.15, 0.2) is 11.4 Å². The highest BCUT2D eigenvalue weighted by molar-refractivity contribution is 6.25. The van der Waals surface area contributed by atoms with Crippen LogP contribution in [0.25, 0.3) is 11.3 Å². The highest BCUT2D eigenvalue weighted by Gasteiger charge is 2.63. The zero-order valence-electron chi connectivity index (χ0n) is 29.4. The molecule has 14 heteroatoms. The van der Waals surface area contributed by atoms with Gasteiger partial charge >= 0.3 is 0 Å². The predicted octanol–water partition coefficient (Wildman–Crippen LogP) is 2.91. The number of amides is 1. The van der Waals surface area contributed by atoms with Crippen molar-refractivity contribution in [3.8, 4) is 17.1 Å². The van der Waals surface area contributed by atoms with Gasteiger partial charge in [0.05, 0.1) is 29.4 Å². The fourth-order valence-corrected chi connectivity index (χ4v) is 8.57. The second kappa shape index (κ2) is 12.8. The summed E-state index contributed by atoms with van der Waals surface area (Å²) < 4.78 is 20.6. The first-order chi connectivity index (χ1) is 24.6. The number of anilines is 2. The maximum atomic E-state index is 14.4. The van der Waals surface area contributed by atoms with Crippen molar-refractivity contribution < 1.29 is 43.6 Å². The van der Waals surface area contributed by atoms with E-state index in [-0.39, 0.29) is 41.1 Å². The number of nitrogens with zero attached hydrogens (tertiary/aromatic N) is 4. The number of ketones is 2. The van der Waals surface area contributed by atoms with E-state index in [0.29, 0.717) is 61.2 Å². The van der Waals surface area contributed by atoms with Crippen molar-refractivity contribution in [1.82, 2.24) is 9.80 Å². The number of furan rings is 1. The quantitative estimate of drug-likeness (QED) is 0.226. The number of halogens is 1. The number of hydrogen-bond acceptors (Lipinski definition) is 12. The smallest absolute Gasteiger partial charge is 0.255 e. The Morgan fingerprint density at radius 3 is 2.37 bits per heavy atom. The van der Waals surface area contributed by atoms with E-state index in [1.807, 2.05) is 15.9 Å². The van der Waals surface area contributed by atoms with E-state index in [1.54, 1.807) is 58.5 Å². The number of benzene rings is 2. The third-order valence-electron chi connectivity index (χ3n) is 11.1. The zero-order valence-corrected chi connectivity index (χ0v) is 29.4. The minimum Gasteiger partial charge on any atom is -0.510 e. The van der Waals surface area contributed by atoms with Crippen molar-refractivity contribution in [1.29, 1.82) is 0 Å². The van der Waals surface area contributed by atoms with Gasteiger partial charge in [0.1, 0.15) is 40.2 Å². The number of aliphatic hydroxyl groups is 3. The number of phenols is 1. The Bertz CT molecular complexity index is 2060. The van der Waals surface area contributed by atoms with Crippen molar-refractivity contribution in [3.63, 3.8) is 0 Å². The number of allylic oxidation sites excluding steroid dienone is 1. The molecule has 0 saturated carbocycles. The number of fused-ring (bicyclic) bond motifs is 3. The van der Waals surface area contributed by atoms with Gasteiger partial charge in [-0.15, -0.1) is 0 Å². The van der Waals surface area contributed by atoms with Crippen LogP contribution in [0.15, 0.2) is 69.5 Å². The van der Waals surface area contributed by atoms with Gasteiger partial charge in [0.25, 0.3) is 5.91 Å². The highest BCUT2D eigenvalue weighted by atomic mass is 19.1. The molecule has 2 heterocycles. The molecule has 0 bridgehead atoms. The van der Waals surface area contributed by atoms with E-state index in [1.165, 1.54) is 11.0 Å². The van der Waals surface area contributed by atoms with Crippen LogP contribution >= 0.6 is 0 Å². The second-order valence-electron chi connectivity index (χ2n) is 14.5. The largest absolute Gasteiger partial charge is 0.510 e. The Morgan fingerprint density at radius 2 is 1.73 bits per heavy atom. The Morgan fingerprint density at radius 1 is 1.04 bits per heavy atom. The number of aromatic hydroxyl groups is 1. The van der Waals surface area contributed by atoms with Crippen molar-refractivity contribution in [2.24, 2.45) is 17.6 Å². The van der Waals surface area contributed by atoms with Crippen LogP contribution in [0.4, 0.5) is 15.8 Å². The lowest BCUT2D eigenvalue weighted by molar-refractivity contribution is -0.148. The number of para-hydroxylation sites is 1. The molecule has 2 aromatic carbocycles. The van der Waals surface area contributed by atoms with E-state index in [2.05, 4.69) is 4.90 Å². The van der Waals surface area contributed by atoms with Crippen molar-refractivity contribution in [2.75, 3.05) is 64.2 Å². The minimum atomic E-state index is -2.72. The molecule has 1 amide bonds. The van der Waals surface area contributed by atoms with Gasteiger partial charge in [0.2, 0.25) is 5.78 Å². The van der Waals surface area contributed by atoms with Gasteiger partial charge in [-0.1, -0.05) is 12.1 Å². The molecule has 0 radical (unpaired) electrons. The lowest BCUT2D eigenvalue weighted by atomic mass is 9.58. The Hall–Kier alpha value is -5.18. The molecule has 1 aliphatic heterocycles. The van der Waals surface area contributed by atoms with Crippen molar-refractivity contribution in [2.45, 2.75) is 31.0 Å². The molecule has 274 valence electrons. The predicted molar refractivity (Wildman–Crippen MR) is 190 cm³/mol. The number of Topliss-reactive ketones (excluding diaryl/α,β-unsaturated/α-hetero) is 2. The van der Waals surface area contributed by atoms with Gasteiger partial charge in [-0.3, -0.25) is 24.2 Å². The number of rotatable bonds is 7. The SMILES string of the molecule is CN(C)c1cc(-c2ccc(CN3CCN(c4ccccc4F)CC3)o2)c(O)c2c1C[C@H]1C[C@H]3C(N(C)C)C(O)=C(C(N)=O)C(=O)[C@@]3(O)C(O)=C1C2=O. The van der Waals surface area contributed by atoms with Crippen LogP contribution < -0.4 is 15.5 Å². The van der Waals surface area contributed by atoms with Gasteiger partial charge < -0.3 is 40.4 Å². The third-order valence-corrected chi connectivity index (χ3v) is 11.1. The normalized spacial score (nSPS) is 25.0. The Labute approximate surface area is 299 Å². The first-order valence-electron chi connectivity index (χ1n) is 17.2. The van der Waals surface area contributed by atoms with Crippen LogP contribution in [0.3, 0.4) is 0 Å². The van der Waals surface area contributed by atoms with E-state index < -0.39 is 58.0 Å². The number of primary amides is 1. The molecule has 7 rings (SSSR count). The van der Waals surface area contributed by atoms with Crippen molar-refractivity contribution >= 4 is 28.8 Å². The number of aliphatic hydroxyl groups excluding tert-OH is 2. The van der Waals surface area contributed by atoms with Gasteiger partial charge in [-0.25, -0.2) is 4.39 Å². The topological polar surface area (TPSA) is 184 Å². The summed E-state index contributed by atoms with van der Waals surface area (Å²) in [5.41, 5.74) is 3.50. The van der Waals surface area contributed by atoms with E-state index >= 15 is 0 Å². The molecule has 6 N–H and O–H groups in total. The summed E-state index contributed by atoms with van der Waals surface area (Å²) in [6.45, 7) is 3.09. The van der Waals surface area contributed by atoms with Crippen LogP contribution in [0, 0.1) is 17.7 Å². The first kappa shape index (κ1) is 35.2. The van der Waals surface area contributed by atoms with Gasteiger partial charge in [-0.05, 0) is 68.8 Å². The number of hydrogen-bond donors (Lipinski definition) is 5. The lowest BCUT2D eigenvalue weighted by Gasteiger charge is -2.50. The molecule has 52 heavy (non-hydrogen) atoms. The average molecular weight is 716 g/mol. The van der Waals surface area contributed by atoms with Crippen LogP contribution in [0.1, 0.15) is 28.1 Å². The summed E-state index contributed by atoms with van der Waals surface area (Å²) in [5, 5.41) is 46.4. The second-order valence-corrected chi connectivity index (χ2v) is 14.5. The summed E-state index contributed by atoms with van der Waals surface area (Å²) in [7, 11) is 6.78. The third kappa shape index (κ3) is 5.35. The van der Waals surface area contributed by atoms with Crippen LogP contribution in [-0.2, 0) is 22.6 Å². The van der Waals surface area contributed by atoms with E-state index in [9.17, 15) is 39.2 Å². The average Bonchev–Trinajstić information content (AvgIpc) is 3.54. The fourth-order valence-electron chi connectivity index (χ4n) is 8.57. The van der Waals surface area contributed by atoms with Gasteiger partial charge in [0, 0.05) is 57.5 Å². The van der Waals surface area contributed by atoms with Crippen molar-refractivity contribution in [3.05, 3.63) is 87.8 Å². The number of phenolic OH excluding ortho intramolecular Hbond substituents is 1. The maximum absolute atomic E-state index is 14.4. The van der Waals surface area contributed by atoms with Crippen LogP contribution in [-0.4, -0.2) is 114 Å². The van der Waals surface area contributed by atoms with Crippen LogP contribution in [0.5, 0.6) is 5.75 Å². The zero-order chi connectivity index (χ0) is 37.4. The molecule has 1 unspecified atom stereocenters. The molecule has 1 aromatic heterocycles.